The number of nitrogens with zero attached hydrogens (tertiary/aromatic N) is 3. The van der Waals surface area contributed by atoms with Crippen LogP contribution < -0.4 is 0 Å². The molecule has 1 heterocycles. The second-order valence-corrected chi connectivity index (χ2v) is 10.4. The van der Waals surface area contributed by atoms with E-state index in [2.05, 4.69) is 72.4 Å². The fraction of sp³-hybridized carbons (Fsp3) is 0.0667. The molecule has 0 aliphatic carbocycles. The molecule has 5 rings (SSSR count). The van der Waals surface area contributed by atoms with E-state index < -0.39 is 9.52 Å². The Morgan fingerprint density at radius 1 is 0.757 bits per heavy atom. The molecular weight excluding hydrogens is 479 g/mol. The topological polar surface area (TPSA) is 30.7 Å². The van der Waals surface area contributed by atoms with Gasteiger partial charge in [0.2, 0.25) is 0 Å². The number of aromatic nitrogens is 3. The zero-order valence-electron chi connectivity index (χ0n) is 20.7. The van der Waals surface area contributed by atoms with Gasteiger partial charge in [-0.05, 0) is 57.6 Å². The predicted molar refractivity (Wildman–Crippen MR) is 152 cm³/mol. The molecule has 37 heavy (non-hydrogen) atoms. The van der Waals surface area contributed by atoms with Gasteiger partial charge in [-0.1, -0.05) is 84.9 Å². The van der Waals surface area contributed by atoms with Crippen LogP contribution in [0.4, 0.5) is 8.78 Å². The van der Waals surface area contributed by atoms with Crippen molar-refractivity contribution in [2.24, 2.45) is 0 Å². The van der Waals surface area contributed by atoms with Crippen molar-refractivity contribution in [2.75, 3.05) is 0 Å². The molecule has 4 aromatic carbocycles. The average molecular weight is 507 g/mol. The van der Waals surface area contributed by atoms with Crippen LogP contribution in [0.15, 0.2) is 128 Å². The van der Waals surface area contributed by atoms with Gasteiger partial charge >= 0.3 is 0 Å². The predicted octanol–water partition coefficient (Wildman–Crippen LogP) is 5.18. The van der Waals surface area contributed by atoms with Crippen molar-refractivity contribution >= 4 is 22.9 Å². The molecule has 0 aliphatic heterocycles. The maximum atomic E-state index is 13.2. The van der Waals surface area contributed by atoms with Gasteiger partial charge in [0.05, 0.1) is 9.52 Å². The Hall–Kier alpha value is -4.10. The third-order valence-electron chi connectivity index (χ3n) is 6.12. The molecule has 0 N–H and O–H groups in total. The zero-order valence-corrected chi connectivity index (χ0v) is 22.1. The van der Waals surface area contributed by atoms with E-state index in [0.717, 1.165) is 17.3 Å². The SMILES string of the molecule is BC=C(c1ccccc1)c1ccccc1.Fc1ccc(C([SiH2]Cn2cncn2)c2ccc(F)cc2)cc1. The van der Waals surface area contributed by atoms with E-state index in [1.165, 1.54) is 47.3 Å². The molecule has 7 heteroatoms. The van der Waals surface area contributed by atoms with Crippen LogP contribution in [0.25, 0.3) is 5.57 Å². The Morgan fingerprint density at radius 3 is 1.65 bits per heavy atom. The lowest BCUT2D eigenvalue weighted by molar-refractivity contribution is 0.626. The van der Waals surface area contributed by atoms with Crippen LogP contribution in [-0.4, -0.2) is 32.1 Å². The summed E-state index contributed by atoms with van der Waals surface area (Å²) in [5, 5.41) is 4.12. The molecule has 0 amide bonds. The minimum absolute atomic E-state index is 0.186. The normalized spacial score (nSPS) is 10.8. The zero-order chi connectivity index (χ0) is 25.9. The maximum absolute atomic E-state index is 13.2. The number of rotatable bonds is 7. The summed E-state index contributed by atoms with van der Waals surface area (Å²) in [6.07, 6.45) is 4.03. The first-order valence-corrected chi connectivity index (χ1v) is 14.1. The Balaban J connectivity index is 0.000000186. The molecule has 0 saturated heterocycles. The van der Waals surface area contributed by atoms with Crippen molar-refractivity contribution in [3.8, 4) is 0 Å². The van der Waals surface area contributed by atoms with Gasteiger partial charge in [-0.25, -0.2) is 13.8 Å². The lowest BCUT2D eigenvalue weighted by Gasteiger charge is -2.17. The highest BCUT2D eigenvalue weighted by Crippen LogP contribution is 2.25. The lowest BCUT2D eigenvalue weighted by atomic mass is 9.92. The smallest absolute Gasteiger partial charge is 0.137 e. The van der Waals surface area contributed by atoms with Crippen molar-refractivity contribution in [3.63, 3.8) is 0 Å². The second kappa shape index (κ2) is 13.3. The average Bonchev–Trinajstić information content (AvgIpc) is 3.47. The number of benzene rings is 4. The second-order valence-electron chi connectivity index (χ2n) is 8.54. The van der Waals surface area contributed by atoms with Gasteiger partial charge in [-0.3, -0.25) is 4.68 Å². The van der Waals surface area contributed by atoms with Gasteiger partial charge in [0.1, 0.15) is 32.1 Å². The largest absolute Gasteiger partial charge is 0.257 e. The van der Waals surface area contributed by atoms with E-state index in [1.807, 2.05) is 16.8 Å². The quantitative estimate of drug-likeness (QED) is 0.284. The van der Waals surface area contributed by atoms with E-state index in [-0.39, 0.29) is 17.2 Å². The van der Waals surface area contributed by atoms with Gasteiger partial charge < -0.3 is 0 Å². The van der Waals surface area contributed by atoms with Crippen LogP contribution >= 0.6 is 0 Å². The molecule has 0 atom stereocenters. The van der Waals surface area contributed by atoms with E-state index >= 15 is 0 Å². The highest BCUT2D eigenvalue weighted by atomic mass is 28.2. The van der Waals surface area contributed by atoms with Crippen LogP contribution in [0.3, 0.4) is 0 Å². The molecule has 0 spiro atoms. The number of halogens is 2. The Kier molecular flexibility index (Phi) is 9.32. The van der Waals surface area contributed by atoms with Crippen molar-refractivity contribution in [3.05, 3.63) is 162 Å². The highest BCUT2D eigenvalue weighted by Gasteiger charge is 2.15. The van der Waals surface area contributed by atoms with Crippen LogP contribution in [0.2, 0.25) is 0 Å². The van der Waals surface area contributed by atoms with E-state index in [4.69, 9.17) is 0 Å². The van der Waals surface area contributed by atoms with Crippen LogP contribution in [-0.2, 0) is 6.17 Å². The molecule has 0 radical (unpaired) electrons. The summed E-state index contributed by atoms with van der Waals surface area (Å²) in [5.41, 5.74) is 6.12. The van der Waals surface area contributed by atoms with Gasteiger partial charge in [0.15, 0.2) is 0 Å². The summed E-state index contributed by atoms with van der Waals surface area (Å²) in [5.74, 6) is 1.66. The van der Waals surface area contributed by atoms with E-state index in [9.17, 15) is 8.78 Å². The third-order valence-corrected chi connectivity index (χ3v) is 8.35. The molecule has 0 unspecified atom stereocenters. The molecule has 3 nitrogen and oxygen atoms in total. The molecule has 5 aromatic rings. The van der Waals surface area contributed by atoms with Crippen LogP contribution in [0, 0.1) is 11.6 Å². The van der Waals surface area contributed by atoms with Gasteiger partial charge in [-0.2, -0.15) is 5.10 Å². The fourth-order valence-corrected chi connectivity index (χ4v) is 6.23. The Labute approximate surface area is 219 Å². The summed E-state index contributed by atoms with van der Waals surface area (Å²) in [6, 6.07) is 34.0. The summed E-state index contributed by atoms with van der Waals surface area (Å²) in [4.78, 5) is 3.94. The summed E-state index contributed by atoms with van der Waals surface area (Å²) >= 11 is 0. The Morgan fingerprint density at radius 2 is 1.24 bits per heavy atom. The fourth-order valence-electron chi connectivity index (χ4n) is 4.26. The van der Waals surface area contributed by atoms with Crippen molar-refractivity contribution in [1.82, 2.24) is 14.8 Å². The van der Waals surface area contributed by atoms with Crippen molar-refractivity contribution in [1.29, 1.82) is 0 Å². The van der Waals surface area contributed by atoms with E-state index in [1.54, 1.807) is 30.6 Å². The molecule has 0 fully saturated rings. The third kappa shape index (κ3) is 7.44. The summed E-state index contributed by atoms with van der Waals surface area (Å²) in [7, 11) is 1.43. The van der Waals surface area contributed by atoms with Crippen LogP contribution in [0.5, 0.6) is 0 Å². The molecule has 0 saturated carbocycles. The number of hydrogen-bond donors (Lipinski definition) is 0. The maximum Gasteiger partial charge on any atom is 0.137 e. The highest BCUT2D eigenvalue weighted by molar-refractivity contribution is 6.37. The van der Waals surface area contributed by atoms with E-state index in [0.29, 0.717) is 0 Å². The van der Waals surface area contributed by atoms with Gasteiger partial charge in [-0.15, -0.1) is 5.98 Å². The monoisotopic (exact) mass is 507 g/mol. The van der Waals surface area contributed by atoms with Crippen molar-refractivity contribution < 1.29 is 8.78 Å². The minimum Gasteiger partial charge on any atom is -0.257 e. The summed E-state index contributed by atoms with van der Waals surface area (Å²) in [6.45, 7) is 0. The molecule has 0 aliphatic rings. The molecule has 1 aromatic heterocycles. The summed E-state index contributed by atoms with van der Waals surface area (Å²) < 4.78 is 28.1. The van der Waals surface area contributed by atoms with Crippen LogP contribution in [0.1, 0.15) is 27.8 Å². The first kappa shape index (κ1) is 26.0. The first-order valence-electron chi connectivity index (χ1n) is 12.2. The number of hydrogen-bond acceptors (Lipinski definition) is 2. The molecule has 184 valence electrons. The van der Waals surface area contributed by atoms with Gasteiger partial charge in [0.25, 0.3) is 0 Å². The van der Waals surface area contributed by atoms with Gasteiger partial charge in [0, 0.05) is 6.17 Å². The standard InChI is InChI=1S/C16H15F2N3Si.C14H13B/c17-14-5-1-12(2-6-14)16(13-3-7-15(18)8-4-13)22-11-21-10-19-9-20-21;15-11-14(12-7-3-1-4-8-12)13-9-5-2-6-10-13/h1-10,16H,11,22H2;1-11H,15H2. The first-order chi connectivity index (χ1) is 18.1. The molecular formula is C30H28BF2N3Si. The van der Waals surface area contributed by atoms with Crippen molar-refractivity contribution in [2.45, 2.75) is 11.7 Å². The lowest BCUT2D eigenvalue weighted by Crippen LogP contribution is -2.17. The molecule has 0 bridgehead atoms. The Bertz CT molecular complexity index is 1290. The minimum atomic E-state index is -0.649.